The van der Waals surface area contributed by atoms with Gasteiger partial charge in [-0.15, -0.1) is 0 Å². The summed E-state index contributed by atoms with van der Waals surface area (Å²) in [5, 5.41) is 12.1. The number of aromatic carboxylic acids is 1. The van der Waals surface area contributed by atoms with Crippen molar-refractivity contribution in [3.63, 3.8) is 0 Å². The molecule has 0 radical (unpaired) electrons. The molecule has 1 atom stereocenters. The van der Waals surface area contributed by atoms with Gasteiger partial charge in [0, 0.05) is 12.7 Å². The second-order valence-corrected chi connectivity index (χ2v) is 5.25. The molecule has 6 heteroatoms. The van der Waals surface area contributed by atoms with Crippen LogP contribution in [-0.4, -0.2) is 33.8 Å². The molecule has 2 heterocycles. The Morgan fingerprint density at radius 3 is 3.11 bits per heavy atom. The van der Waals surface area contributed by atoms with E-state index >= 15 is 0 Å². The molecule has 96 valence electrons. The maximum absolute atomic E-state index is 11.8. The number of carbonyl (C=O) groups is 2. The first kappa shape index (κ1) is 12.9. The zero-order valence-electron chi connectivity index (χ0n) is 9.76. The topological polar surface area (TPSA) is 79.3 Å². The third-order valence-electron chi connectivity index (χ3n) is 2.74. The quantitative estimate of drug-likeness (QED) is 0.867. The molecule has 0 spiro atoms. The summed E-state index contributed by atoms with van der Waals surface area (Å²) in [5.41, 5.74) is 0.152. The van der Waals surface area contributed by atoms with Crippen LogP contribution in [0.15, 0.2) is 23.4 Å². The number of thioether (sulfide) groups is 1. The Kier molecular flexibility index (Phi) is 4.19. The molecule has 1 aliphatic rings. The highest BCUT2D eigenvalue weighted by atomic mass is 32.2. The van der Waals surface area contributed by atoms with Crippen LogP contribution in [-0.2, 0) is 4.79 Å². The third-order valence-corrected chi connectivity index (χ3v) is 4.02. The van der Waals surface area contributed by atoms with E-state index in [0.717, 1.165) is 19.3 Å². The number of nitrogens with one attached hydrogen (secondary N) is 1. The fraction of sp³-hybridized carbons (Fsp3) is 0.417. The Balaban J connectivity index is 2.17. The van der Waals surface area contributed by atoms with Gasteiger partial charge in [0.15, 0.2) is 0 Å². The van der Waals surface area contributed by atoms with Gasteiger partial charge in [0.1, 0.15) is 5.03 Å². The SMILES string of the molecule is O=C(O)c1cccnc1SC1CCCCNC1=O. The van der Waals surface area contributed by atoms with Crippen LogP contribution in [0.4, 0.5) is 0 Å². The van der Waals surface area contributed by atoms with Crippen LogP contribution in [0.2, 0.25) is 0 Å². The average Bonchev–Trinajstić information content (AvgIpc) is 2.55. The van der Waals surface area contributed by atoms with Crippen molar-refractivity contribution in [3.05, 3.63) is 23.9 Å². The van der Waals surface area contributed by atoms with Gasteiger partial charge in [-0.3, -0.25) is 4.79 Å². The lowest BCUT2D eigenvalue weighted by molar-refractivity contribution is -0.120. The Morgan fingerprint density at radius 2 is 2.33 bits per heavy atom. The number of rotatable bonds is 3. The summed E-state index contributed by atoms with van der Waals surface area (Å²) in [6.45, 7) is 0.698. The van der Waals surface area contributed by atoms with Crippen LogP contribution in [0.25, 0.3) is 0 Å². The fourth-order valence-electron chi connectivity index (χ4n) is 1.81. The zero-order chi connectivity index (χ0) is 13.0. The second kappa shape index (κ2) is 5.86. The molecule has 0 aromatic carbocycles. The Morgan fingerprint density at radius 1 is 1.50 bits per heavy atom. The van der Waals surface area contributed by atoms with Crippen molar-refractivity contribution in [1.29, 1.82) is 0 Å². The summed E-state index contributed by atoms with van der Waals surface area (Å²) in [5.74, 6) is -1.04. The van der Waals surface area contributed by atoms with Gasteiger partial charge in [0.25, 0.3) is 0 Å². The largest absolute Gasteiger partial charge is 0.478 e. The Bertz CT molecular complexity index is 464. The van der Waals surface area contributed by atoms with Crippen molar-refractivity contribution in [1.82, 2.24) is 10.3 Å². The summed E-state index contributed by atoms with van der Waals surface area (Å²) in [6, 6.07) is 3.09. The molecule has 2 N–H and O–H groups in total. The molecule has 18 heavy (non-hydrogen) atoms. The number of nitrogens with zero attached hydrogens (tertiary/aromatic N) is 1. The van der Waals surface area contributed by atoms with Gasteiger partial charge in [-0.2, -0.15) is 0 Å². The van der Waals surface area contributed by atoms with Crippen molar-refractivity contribution < 1.29 is 14.7 Å². The van der Waals surface area contributed by atoms with Crippen LogP contribution in [0.1, 0.15) is 29.6 Å². The minimum absolute atomic E-state index is 0.0282. The standard InChI is InChI=1S/C12H14N2O3S/c15-10-9(5-1-2-6-13-10)18-11-8(12(16)17)4-3-7-14-11/h3-4,7,9H,1-2,5-6H2,(H,13,15)(H,16,17). The van der Waals surface area contributed by atoms with Gasteiger partial charge < -0.3 is 10.4 Å². The predicted octanol–water partition coefficient (Wildman–Crippen LogP) is 1.54. The van der Waals surface area contributed by atoms with Crippen LogP contribution in [0, 0.1) is 0 Å². The smallest absolute Gasteiger partial charge is 0.338 e. The minimum atomic E-state index is -1.01. The molecule has 1 unspecified atom stereocenters. The Hall–Kier alpha value is -1.56. The van der Waals surface area contributed by atoms with Crippen LogP contribution < -0.4 is 5.32 Å². The van der Waals surface area contributed by atoms with Gasteiger partial charge >= 0.3 is 5.97 Å². The molecule has 0 bridgehead atoms. The van der Waals surface area contributed by atoms with Crippen LogP contribution >= 0.6 is 11.8 Å². The zero-order valence-corrected chi connectivity index (χ0v) is 10.6. The molecule has 1 amide bonds. The molecular weight excluding hydrogens is 252 g/mol. The number of aromatic nitrogens is 1. The van der Waals surface area contributed by atoms with Crippen molar-refractivity contribution in [2.45, 2.75) is 29.5 Å². The van der Waals surface area contributed by atoms with E-state index in [9.17, 15) is 9.59 Å². The summed E-state index contributed by atoms with van der Waals surface area (Å²) in [6.07, 6.45) is 4.23. The monoisotopic (exact) mass is 266 g/mol. The third kappa shape index (κ3) is 3.01. The number of hydrogen-bond acceptors (Lipinski definition) is 4. The molecule has 1 fully saturated rings. The Labute approximate surface area is 109 Å². The van der Waals surface area contributed by atoms with Crippen molar-refractivity contribution in [2.75, 3.05) is 6.54 Å². The lowest BCUT2D eigenvalue weighted by atomic mass is 10.2. The second-order valence-electron chi connectivity index (χ2n) is 4.05. The van der Waals surface area contributed by atoms with E-state index in [1.165, 1.54) is 17.8 Å². The minimum Gasteiger partial charge on any atom is -0.478 e. The maximum atomic E-state index is 11.8. The molecule has 1 saturated heterocycles. The van der Waals surface area contributed by atoms with Crippen molar-refractivity contribution in [2.24, 2.45) is 0 Å². The summed E-state index contributed by atoms with van der Waals surface area (Å²) >= 11 is 1.24. The highest BCUT2D eigenvalue weighted by Gasteiger charge is 2.24. The molecule has 1 aliphatic heterocycles. The number of pyridine rings is 1. The molecule has 2 rings (SSSR count). The first-order valence-electron chi connectivity index (χ1n) is 5.81. The van der Waals surface area contributed by atoms with E-state index < -0.39 is 5.97 Å². The lowest BCUT2D eigenvalue weighted by Gasteiger charge is -2.13. The van der Waals surface area contributed by atoms with E-state index in [-0.39, 0.29) is 16.7 Å². The molecule has 1 aromatic rings. The van der Waals surface area contributed by atoms with Gasteiger partial charge in [0.05, 0.1) is 10.8 Å². The van der Waals surface area contributed by atoms with Crippen LogP contribution in [0.5, 0.6) is 0 Å². The number of hydrogen-bond donors (Lipinski definition) is 2. The molecule has 1 aromatic heterocycles. The lowest BCUT2D eigenvalue weighted by Crippen LogP contribution is -2.30. The molecule has 0 aliphatic carbocycles. The first-order chi connectivity index (χ1) is 8.68. The van der Waals surface area contributed by atoms with Gasteiger partial charge in [-0.05, 0) is 25.0 Å². The van der Waals surface area contributed by atoms with Gasteiger partial charge in [-0.1, -0.05) is 18.2 Å². The summed E-state index contributed by atoms with van der Waals surface area (Å²) in [4.78, 5) is 26.9. The average molecular weight is 266 g/mol. The van der Waals surface area contributed by atoms with E-state index in [1.807, 2.05) is 0 Å². The van der Waals surface area contributed by atoms with Crippen molar-refractivity contribution >= 4 is 23.6 Å². The molecule has 5 nitrogen and oxygen atoms in total. The summed E-state index contributed by atoms with van der Waals surface area (Å²) < 4.78 is 0. The van der Waals surface area contributed by atoms with E-state index in [4.69, 9.17) is 5.11 Å². The maximum Gasteiger partial charge on any atom is 0.338 e. The van der Waals surface area contributed by atoms with Gasteiger partial charge in [0.2, 0.25) is 5.91 Å². The number of amides is 1. The summed E-state index contributed by atoms with van der Waals surface area (Å²) in [7, 11) is 0. The highest BCUT2D eigenvalue weighted by Crippen LogP contribution is 2.28. The number of carboxylic acids is 1. The van der Waals surface area contributed by atoms with Crippen LogP contribution in [0.3, 0.4) is 0 Å². The highest BCUT2D eigenvalue weighted by molar-refractivity contribution is 8.00. The van der Waals surface area contributed by atoms with E-state index in [1.54, 1.807) is 12.3 Å². The van der Waals surface area contributed by atoms with E-state index in [2.05, 4.69) is 10.3 Å². The van der Waals surface area contributed by atoms with Crippen molar-refractivity contribution in [3.8, 4) is 0 Å². The number of carbonyl (C=O) groups excluding carboxylic acids is 1. The molecule has 0 saturated carbocycles. The predicted molar refractivity (Wildman–Crippen MR) is 67.7 cm³/mol. The molecular formula is C12H14N2O3S. The number of carboxylic acid groups (broad SMARTS) is 1. The van der Waals surface area contributed by atoms with E-state index in [0.29, 0.717) is 11.6 Å². The normalized spacial score (nSPS) is 20.0. The fourth-order valence-corrected chi connectivity index (χ4v) is 2.95. The van der Waals surface area contributed by atoms with Gasteiger partial charge in [-0.25, -0.2) is 9.78 Å². The first-order valence-corrected chi connectivity index (χ1v) is 6.69.